The zero-order valence-electron chi connectivity index (χ0n) is 15.2. The molecule has 0 radical (unpaired) electrons. The molecule has 1 aromatic carbocycles. The van der Waals surface area contributed by atoms with Crippen molar-refractivity contribution in [3.63, 3.8) is 0 Å². The molecule has 0 aliphatic heterocycles. The van der Waals surface area contributed by atoms with Crippen molar-refractivity contribution in [2.24, 2.45) is 0 Å². The molecule has 0 atom stereocenters. The Balaban J connectivity index is 2.09. The molecule has 0 unspecified atom stereocenters. The molecule has 0 aliphatic carbocycles. The molecule has 2 N–H and O–H groups in total. The van der Waals surface area contributed by atoms with Crippen molar-refractivity contribution in [2.45, 2.75) is 6.04 Å². The zero-order chi connectivity index (χ0) is 20.4. The van der Waals surface area contributed by atoms with Crippen LogP contribution in [0.1, 0.15) is 6.04 Å². The molecule has 4 aromatic rings. The number of pyridine rings is 2. The summed E-state index contributed by atoms with van der Waals surface area (Å²) in [6, 6.07) is 11.2. The summed E-state index contributed by atoms with van der Waals surface area (Å²) < 4.78 is 1.32. The molecule has 0 fully saturated rings. The van der Waals surface area contributed by atoms with Crippen molar-refractivity contribution < 1.29 is 10.2 Å². The molecule has 0 amide bonds. The predicted molar refractivity (Wildman–Crippen MR) is 111 cm³/mol. The Kier molecular flexibility index (Phi) is 5.35. The minimum absolute atomic E-state index is 0.311. The maximum Gasteiger partial charge on any atom is 0.262 e. The highest BCUT2D eigenvalue weighted by Gasteiger charge is 2.21. The fourth-order valence-corrected chi connectivity index (χ4v) is 3.33. The number of hydrogen-bond donors (Lipinski definition) is 2. The second-order valence-electron chi connectivity index (χ2n) is 6.43. The Morgan fingerprint density at radius 3 is 2.41 bits per heavy atom. The normalized spacial score (nSPS) is 11.3. The maximum atomic E-state index is 13.4. The third-order valence-electron chi connectivity index (χ3n) is 4.64. The third-order valence-corrected chi connectivity index (χ3v) is 4.90. The molecule has 146 valence electrons. The largest absolute Gasteiger partial charge is 0.394 e. The van der Waals surface area contributed by atoms with E-state index in [1.54, 1.807) is 48.8 Å². The van der Waals surface area contributed by atoms with Gasteiger partial charge in [0.15, 0.2) is 0 Å². The molecule has 3 heterocycles. The molecule has 0 saturated heterocycles. The molecule has 4 rings (SSSR count). The van der Waals surface area contributed by atoms with Gasteiger partial charge in [-0.1, -0.05) is 11.6 Å². The summed E-state index contributed by atoms with van der Waals surface area (Å²) in [5, 5.41) is 20.3. The molecule has 29 heavy (non-hydrogen) atoms. The standard InChI is InChI=1S/C21H17ClN4O3/c22-15-5-3-13(4-6-15)20-25-19-17(21(29)26(20)16(11-27)12-28)7-9-24-18(19)14-2-1-8-23-10-14/h1-10,16,27-28H,11-12H2. The Labute approximate surface area is 170 Å². The van der Waals surface area contributed by atoms with E-state index in [2.05, 4.69) is 9.97 Å². The average molecular weight is 409 g/mol. The van der Waals surface area contributed by atoms with Gasteiger partial charge in [-0.3, -0.25) is 19.3 Å². The van der Waals surface area contributed by atoms with Crippen molar-refractivity contribution in [3.8, 4) is 22.6 Å². The van der Waals surface area contributed by atoms with Crippen LogP contribution >= 0.6 is 11.6 Å². The van der Waals surface area contributed by atoms with Crippen LogP contribution < -0.4 is 5.56 Å². The number of aliphatic hydroxyl groups excluding tert-OH is 2. The van der Waals surface area contributed by atoms with Crippen LogP contribution in [0.25, 0.3) is 33.5 Å². The molecule has 0 aliphatic rings. The molecule has 7 nitrogen and oxygen atoms in total. The Morgan fingerprint density at radius 2 is 1.76 bits per heavy atom. The zero-order valence-corrected chi connectivity index (χ0v) is 16.0. The van der Waals surface area contributed by atoms with E-state index in [1.807, 2.05) is 6.07 Å². The van der Waals surface area contributed by atoms with Gasteiger partial charge in [0, 0.05) is 34.7 Å². The first-order chi connectivity index (χ1) is 14.1. The summed E-state index contributed by atoms with van der Waals surface area (Å²) in [6.07, 6.45) is 4.84. The number of benzene rings is 1. The number of halogens is 1. The number of nitrogens with zero attached hydrogens (tertiary/aromatic N) is 4. The summed E-state index contributed by atoms with van der Waals surface area (Å²) in [4.78, 5) is 26.6. The lowest BCUT2D eigenvalue weighted by Gasteiger charge is -2.20. The van der Waals surface area contributed by atoms with Crippen LogP contribution in [-0.2, 0) is 0 Å². The van der Waals surface area contributed by atoms with Gasteiger partial charge in [-0.15, -0.1) is 0 Å². The first-order valence-corrected chi connectivity index (χ1v) is 9.31. The smallest absolute Gasteiger partial charge is 0.262 e. The Bertz CT molecular complexity index is 1210. The summed E-state index contributed by atoms with van der Waals surface area (Å²) in [6.45, 7) is -0.824. The van der Waals surface area contributed by atoms with Gasteiger partial charge in [0.1, 0.15) is 11.3 Å². The van der Waals surface area contributed by atoms with Gasteiger partial charge in [-0.05, 0) is 42.5 Å². The van der Waals surface area contributed by atoms with Gasteiger partial charge in [0.2, 0.25) is 0 Å². The number of aromatic nitrogens is 4. The SMILES string of the molecule is O=c1c2ccnc(-c3cccnc3)c2nc(-c2ccc(Cl)cc2)n1C(CO)CO. The number of aliphatic hydroxyl groups is 2. The fourth-order valence-electron chi connectivity index (χ4n) is 3.20. The summed E-state index contributed by atoms with van der Waals surface area (Å²) in [7, 11) is 0. The van der Waals surface area contributed by atoms with Crippen molar-refractivity contribution >= 4 is 22.5 Å². The van der Waals surface area contributed by atoms with Gasteiger partial charge >= 0.3 is 0 Å². The van der Waals surface area contributed by atoms with E-state index in [1.165, 1.54) is 10.8 Å². The monoisotopic (exact) mass is 408 g/mol. The van der Waals surface area contributed by atoms with Crippen LogP contribution in [0.5, 0.6) is 0 Å². The Hall–Kier alpha value is -3.13. The van der Waals surface area contributed by atoms with Crippen LogP contribution in [-0.4, -0.2) is 42.9 Å². The van der Waals surface area contributed by atoms with Crippen LogP contribution in [0.3, 0.4) is 0 Å². The van der Waals surface area contributed by atoms with Crippen molar-refractivity contribution in [1.29, 1.82) is 0 Å². The van der Waals surface area contributed by atoms with E-state index in [0.29, 0.717) is 33.0 Å². The highest BCUT2D eigenvalue weighted by molar-refractivity contribution is 6.30. The minimum atomic E-state index is -0.833. The van der Waals surface area contributed by atoms with Crippen LogP contribution in [0.2, 0.25) is 5.02 Å². The lowest BCUT2D eigenvalue weighted by molar-refractivity contribution is 0.153. The molecule has 0 spiro atoms. The van der Waals surface area contributed by atoms with Crippen LogP contribution in [0, 0.1) is 0 Å². The van der Waals surface area contributed by atoms with E-state index in [0.717, 1.165) is 5.56 Å². The highest BCUT2D eigenvalue weighted by atomic mass is 35.5. The molecule has 0 saturated carbocycles. The number of rotatable bonds is 5. The fraction of sp³-hybridized carbons (Fsp3) is 0.143. The second kappa shape index (κ2) is 8.08. The number of hydrogen-bond acceptors (Lipinski definition) is 6. The summed E-state index contributed by atoms with van der Waals surface area (Å²) in [5.41, 5.74) is 1.92. The molecular weight excluding hydrogens is 392 g/mol. The maximum absolute atomic E-state index is 13.4. The van der Waals surface area contributed by atoms with Crippen molar-refractivity contribution in [3.05, 3.63) is 76.4 Å². The molecule has 3 aromatic heterocycles. The lowest BCUT2D eigenvalue weighted by Crippen LogP contribution is -2.31. The Morgan fingerprint density at radius 1 is 1.00 bits per heavy atom. The first kappa shape index (κ1) is 19.2. The molecule has 8 heteroatoms. The van der Waals surface area contributed by atoms with Crippen LogP contribution in [0.15, 0.2) is 65.8 Å². The van der Waals surface area contributed by atoms with E-state index in [4.69, 9.17) is 16.6 Å². The van der Waals surface area contributed by atoms with E-state index in [-0.39, 0.29) is 5.56 Å². The third kappa shape index (κ3) is 3.51. The van der Waals surface area contributed by atoms with Crippen molar-refractivity contribution in [1.82, 2.24) is 19.5 Å². The summed E-state index contributed by atoms with van der Waals surface area (Å²) >= 11 is 6.00. The second-order valence-corrected chi connectivity index (χ2v) is 6.87. The average Bonchev–Trinajstić information content (AvgIpc) is 2.76. The number of fused-ring (bicyclic) bond motifs is 1. The predicted octanol–water partition coefficient (Wildman–Crippen LogP) is 2.70. The van der Waals surface area contributed by atoms with Gasteiger partial charge < -0.3 is 10.2 Å². The van der Waals surface area contributed by atoms with Gasteiger partial charge in [-0.25, -0.2) is 4.98 Å². The minimum Gasteiger partial charge on any atom is -0.394 e. The van der Waals surface area contributed by atoms with Gasteiger partial charge in [0.25, 0.3) is 5.56 Å². The highest BCUT2D eigenvalue weighted by Crippen LogP contribution is 2.27. The van der Waals surface area contributed by atoms with E-state index in [9.17, 15) is 15.0 Å². The van der Waals surface area contributed by atoms with E-state index < -0.39 is 19.3 Å². The van der Waals surface area contributed by atoms with E-state index >= 15 is 0 Å². The lowest BCUT2D eigenvalue weighted by atomic mass is 10.1. The summed E-state index contributed by atoms with van der Waals surface area (Å²) in [5.74, 6) is 0.311. The topological polar surface area (TPSA) is 101 Å². The molecule has 0 bridgehead atoms. The van der Waals surface area contributed by atoms with Crippen molar-refractivity contribution in [2.75, 3.05) is 13.2 Å². The van der Waals surface area contributed by atoms with Gasteiger partial charge in [-0.2, -0.15) is 0 Å². The quantitative estimate of drug-likeness (QED) is 0.526. The van der Waals surface area contributed by atoms with Gasteiger partial charge in [0.05, 0.1) is 30.3 Å². The molecular formula is C21H17ClN4O3. The van der Waals surface area contributed by atoms with Crippen LogP contribution in [0.4, 0.5) is 0 Å². The first-order valence-electron chi connectivity index (χ1n) is 8.93.